The number of hydrogen-bond acceptors (Lipinski definition) is 3. The van der Waals surface area contributed by atoms with Crippen molar-refractivity contribution in [3.05, 3.63) is 24.0 Å². The summed E-state index contributed by atoms with van der Waals surface area (Å²) in [5, 5.41) is 0. The molecule has 1 aromatic rings. The van der Waals surface area contributed by atoms with Crippen LogP contribution in [0.5, 0.6) is 0 Å². The third kappa shape index (κ3) is 2.27. The van der Waals surface area contributed by atoms with Crippen LogP contribution in [0.25, 0.3) is 0 Å². The number of nitrogens with two attached hydrogens (primary N) is 1. The van der Waals surface area contributed by atoms with E-state index in [1.165, 1.54) is 6.20 Å². The van der Waals surface area contributed by atoms with E-state index >= 15 is 0 Å². The normalized spacial score (nSPS) is 21.5. The summed E-state index contributed by atoms with van der Waals surface area (Å²) >= 11 is 0. The van der Waals surface area contributed by atoms with E-state index in [-0.39, 0.29) is 6.04 Å². The van der Waals surface area contributed by atoms with Crippen LogP contribution in [-0.4, -0.2) is 24.1 Å². The first-order chi connectivity index (χ1) is 7.47. The largest absolute Gasteiger partial charge is 0.417 e. The van der Waals surface area contributed by atoms with Gasteiger partial charge in [0, 0.05) is 25.3 Å². The van der Waals surface area contributed by atoms with E-state index in [0.29, 0.717) is 18.8 Å². The van der Waals surface area contributed by atoms with Crippen molar-refractivity contribution in [2.45, 2.75) is 18.6 Å². The minimum absolute atomic E-state index is 0.0366. The highest BCUT2D eigenvalue weighted by atomic mass is 19.4. The van der Waals surface area contributed by atoms with E-state index in [1.807, 2.05) is 4.90 Å². The molecule has 0 saturated carbocycles. The van der Waals surface area contributed by atoms with E-state index in [4.69, 9.17) is 5.73 Å². The molecule has 1 atom stereocenters. The molecule has 0 amide bonds. The number of nitrogens with zero attached hydrogens (tertiary/aromatic N) is 2. The zero-order chi connectivity index (χ0) is 11.8. The van der Waals surface area contributed by atoms with Crippen LogP contribution in [0.1, 0.15) is 12.0 Å². The van der Waals surface area contributed by atoms with E-state index in [9.17, 15) is 13.2 Å². The van der Waals surface area contributed by atoms with E-state index in [0.717, 1.165) is 18.7 Å². The van der Waals surface area contributed by atoms with Gasteiger partial charge in [-0.3, -0.25) is 4.98 Å². The van der Waals surface area contributed by atoms with Crippen LogP contribution in [0.4, 0.5) is 18.9 Å². The summed E-state index contributed by atoms with van der Waals surface area (Å²) in [5.74, 6) is 0. The molecule has 88 valence electrons. The summed E-state index contributed by atoms with van der Waals surface area (Å²) in [5.41, 5.74) is 5.47. The van der Waals surface area contributed by atoms with Gasteiger partial charge < -0.3 is 10.6 Å². The maximum Gasteiger partial charge on any atom is 0.417 e. The second-order valence-corrected chi connectivity index (χ2v) is 3.92. The summed E-state index contributed by atoms with van der Waals surface area (Å²) < 4.78 is 37.3. The number of pyridine rings is 1. The summed E-state index contributed by atoms with van der Waals surface area (Å²) in [7, 11) is 0. The Balaban J connectivity index is 2.23. The monoisotopic (exact) mass is 231 g/mol. The smallest absolute Gasteiger partial charge is 0.369 e. The van der Waals surface area contributed by atoms with Crippen molar-refractivity contribution < 1.29 is 13.2 Å². The van der Waals surface area contributed by atoms with Gasteiger partial charge in [0.15, 0.2) is 0 Å². The Morgan fingerprint density at radius 1 is 1.38 bits per heavy atom. The lowest BCUT2D eigenvalue weighted by Gasteiger charge is -2.18. The molecule has 3 nitrogen and oxygen atoms in total. The molecule has 16 heavy (non-hydrogen) atoms. The van der Waals surface area contributed by atoms with Crippen molar-refractivity contribution in [2.75, 3.05) is 18.0 Å². The first-order valence-corrected chi connectivity index (χ1v) is 4.99. The van der Waals surface area contributed by atoms with Crippen LogP contribution in [-0.2, 0) is 6.18 Å². The lowest BCUT2D eigenvalue weighted by Crippen LogP contribution is -2.26. The number of alkyl halides is 3. The van der Waals surface area contributed by atoms with Gasteiger partial charge in [-0.05, 0) is 12.5 Å². The second kappa shape index (κ2) is 3.93. The number of anilines is 1. The van der Waals surface area contributed by atoms with Crippen LogP contribution in [0.2, 0.25) is 0 Å². The van der Waals surface area contributed by atoms with Crippen molar-refractivity contribution in [1.29, 1.82) is 0 Å². The average Bonchev–Trinajstić information content (AvgIpc) is 2.64. The van der Waals surface area contributed by atoms with E-state index in [1.54, 1.807) is 0 Å². The first kappa shape index (κ1) is 11.2. The Morgan fingerprint density at radius 2 is 2.12 bits per heavy atom. The lowest BCUT2D eigenvalue weighted by molar-refractivity contribution is -0.137. The summed E-state index contributed by atoms with van der Waals surface area (Å²) in [6.07, 6.45) is -1.27. The maximum atomic E-state index is 12.4. The van der Waals surface area contributed by atoms with Gasteiger partial charge in [0.05, 0.1) is 17.4 Å². The van der Waals surface area contributed by atoms with Crippen LogP contribution in [0, 0.1) is 0 Å². The molecule has 6 heteroatoms. The molecular weight excluding hydrogens is 219 g/mol. The Kier molecular flexibility index (Phi) is 2.75. The highest BCUT2D eigenvalue weighted by Crippen LogP contribution is 2.31. The zero-order valence-electron chi connectivity index (χ0n) is 8.54. The number of halogens is 3. The summed E-state index contributed by atoms with van der Waals surface area (Å²) in [4.78, 5) is 5.44. The minimum Gasteiger partial charge on any atom is -0.369 e. The SMILES string of the molecule is N[C@@H]1CCN(c2cncc(C(F)(F)F)c2)C1. The van der Waals surface area contributed by atoms with Gasteiger partial charge in [-0.2, -0.15) is 13.2 Å². The molecule has 1 aromatic heterocycles. The van der Waals surface area contributed by atoms with Crippen LogP contribution < -0.4 is 10.6 Å². The lowest BCUT2D eigenvalue weighted by atomic mass is 10.2. The molecule has 0 spiro atoms. The molecule has 1 aliphatic rings. The van der Waals surface area contributed by atoms with Crippen molar-refractivity contribution in [1.82, 2.24) is 4.98 Å². The van der Waals surface area contributed by atoms with Crippen LogP contribution >= 0.6 is 0 Å². The van der Waals surface area contributed by atoms with Gasteiger partial charge >= 0.3 is 6.18 Å². The standard InChI is InChI=1S/C10H12F3N3/c11-10(12,13)7-3-9(5-15-4-7)16-2-1-8(14)6-16/h3-5,8H,1-2,6,14H2/t8-/m1/s1. The van der Waals surface area contributed by atoms with Crippen LogP contribution in [0.3, 0.4) is 0 Å². The fourth-order valence-corrected chi connectivity index (χ4v) is 1.78. The topological polar surface area (TPSA) is 42.1 Å². The minimum atomic E-state index is -4.34. The van der Waals surface area contributed by atoms with Crippen molar-refractivity contribution in [2.24, 2.45) is 5.73 Å². The molecule has 0 radical (unpaired) electrons. The highest BCUT2D eigenvalue weighted by molar-refractivity contribution is 5.47. The Hall–Kier alpha value is -1.30. The van der Waals surface area contributed by atoms with Crippen molar-refractivity contribution >= 4 is 5.69 Å². The van der Waals surface area contributed by atoms with Crippen molar-refractivity contribution in [3.63, 3.8) is 0 Å². The Bertz CT molecular complexity index is 378. The fraction of sp³-hybridized carbons (Fsp3) is 0.500. The van der Waals surface area contributed by atoms with Gasteiger partial charge in [-0.15, -0.1) is 0 Å². The molecular formula is C10H12F3N3. The predicted molar refractivity (Wildman–Crippen MR) is 54.0 cm³/mol. The fourth-order valence-electron chi connectivity index (χ4n) is 1.78. The molecule has 1 fully saturated rings. The summed E-state index contributed by atoms with van der Waals surface area (Å²) in [6, 6.07) is 1.15. The third-order valence-electron chi connectivity index (χ3n) is 2.64. The van der Waals surface area contributed by atoms with Gasteiger partial charge in [0.1, 0.15) is 0 Å². The Labute approximate surface area is 91.1 Å². The third-order valence-corrected chi connectivity index (χ3v) is 2.64. The second-order valence-electron chi connectivity index (χ2n) is 3.92. The zero-order valence-corrected chi connectivity index (χ0v) is 8.54. The van der Waals surface area contributed by atoms with Crippen LogP contribution in [0.15, 0.2) is 18.5 Å². The maximum absolute atomic E-state index is 12.4. The van der Waals surface area contributed by atoms with Gasteiger partial charge in [-0.25, -0.2) is 0 Å². The summed E-state index contributed by atoms with van der Waals surface area (Å²) in [6.45, 7) is 1.27. The molecule has 0 aliphatic carbocycles. The van der Waals surface area contributed by atoms with E-state index < -0.39 is 11.7 Å². The number of aromatic nitrogens is 1. The van der Waals surface area contributed by atoms with Crippen molar-refractivity contribution in [3.8, 4) is 0 Å². The molecule has 2 heterocycles. The molecule has 1 saturated heterocycles. The molecule has 2 N–H and O–H groups in total. The molecule has 2 rings (SSSR count). The average molecular weight is 231 g/mol. The predicted octanol–water partition coefficient (Wildman–Crippen LogP) is 1.64. The molecule has 0 aromatic carbocycles. The number of hydrogen-bond donors (Lipinski definition) is 1. The molecule has 0 unspecified atom stereocenters. The molecule has 0 bridgehead atoms. The first-order valence-electron chi connectivity index (χ1n) is 4.99. The molecule has 1 aliphatic heterocycles. The van der Waals surface area contributed by atoms with E-state index in [2.05, 4.69) is 4.98 Å². The Morgan fingerprint density at radius 3 is 2.69 bits per heavy atom. The quantitative estimate of drug-likeness (QED) is 0.798. The van der Waals surface area contributed by atoms with Gasteiger partial charge in [0.25, 0.3) is 0 Å². The highest BCUT2D eigenvalue weighted by Gasteiger charge is 2.32. The van der Waals surface area contributed by atoms with Gasteiger partial charge in [0.2, 0.25) is 0 Å². The number of rotatable bonds is 1. The van der Waals surface area contributed by atoms with Gasteiger partial charge in [-0.1, -0.05) is 0 Å².